The zero-order valence-electron chi connectivity index (χ0n) is 10.6. The van der Waals surface area contributed by atoms with E-state index >= 15 is 0 Å². The van der Waals surface area contributed by atoms with Gasteiger partial charge in [0.05, 0.1) is 19.6 Å². The number of rotatable bonds is 2. The second kappa shape index (κ2) is 7.30. The average Bonchev–Trinajstić information content (AvgIpc) is 2.27. The van der Waals surface area contributed by atoms with Gasteiger partial charge in [0.15, 0.2) is 10.1 Å². The van der Waals surface area contributed by atoms with Crippen molar-refractivity contribution in [3.63, 3.8) is 0 Å². The molecule has 0 saturated carbocycles. The van der Waals surface area contributed by atoms with Crippen LogP contribution in [0.2, 0.25) is 0 Å². The Morgan fingerprint density at radius 1 is 1.22 bits per heavy atom. The number of alkyl halides is 3. The maximum absolute atomic E-state index is 10.7. The molecule has 1 aliphatic rings. The molecule has 110 valence electrons. The summed E-state index contributed by atoms with van der Waals surface area (Å²) in [5.41, 5.74) is -5.65. The van der Waals surface area contributed by atoms with E-state index in [-0.39, 0.29) is 0 Å². The molecule has 1 aliphatic heterocycles. The lowest BCUT2D eigenvalue weighted by Crippen LogP contribution is -3.12. The summed E-state index contributed by atoms with van der Waals surface area (Å²) in [5, 5.41) is 0. The summed E-state index contributed by atoms with van der Waals surface area (Å²) in [6.45, 7) is 8.80. The normalized spacial score (nSPS) is 25.2. The summed E-state index contributed by atoms with van der Waals surface area (Å²) in [7, 11) is -6.09. The first-order valence-corrected chi connectivity index (χ1v) is 7.38. The number of piperidine rings is 1. The fourth-order valence-electron chi connectivity index (χ4n) is 1.85. The Balaban J connectivity index is 0.000000331. The molecular weight excluding hydrogens is 271 g/mol. The minimum atomic E-state index is -6.09. The molecule has 0 aliphatic carbocycles. The smallest absolute Gasteiger partial charge is 0.485 e. The van der Waals surface area contributed by atoms with Crippen LogP contribution in [0, 0.1) is 5.92 Å². The van der Waals surface area contributed by atoms with E-state index in [9.17, 15) is 13.2 Å². The van der Waals surface area contributed by atoms with Gasteiger partial charge in [-0.05, 0) is 25.7 Å². The second-order valence-electron chi connectivity index (χ2n) is 4.36. The lowest BCUT2D eigenvalue weighted by molar-refractivity contribution is -0.904. The Morgan fingerprint density at radius 3 is 1.83 bits per heavy atom. The van der Waals surface area contributed by atoms with Gasteiger partial charge in [-0.3, -0.25) is 0 Å². The lowest BCUT2D eigenvalue weighted by atomic mass is 9.95. The van der Waals surface area contributed by atoms with Gasteiger partial charge in [-0.15, -0.1) is 0 Å². The highest BCUT2D eigenvalue weighted by Crippen LogP contribution is 2.20. The van der Waals surface area contributed by atoms with Crippen molar-refractivity contribution in [2.24, 2.45) is 5.92 Å². The molecule has 0 aromatic heterocycles. The lowest BCUT2D eigenvalue weighted by Gasteiger charge is -2.27. The van der Waals surface area contributed by atoms with Crippen LogP contribution in [0.25, 0.3) is 0 Å². The maximum atomic E-state index is 10.7. The average molecular weight is 291 g/mol. The van der Waals surface area contributed by atoms with E-state index in [0.29, 0.717) is 0 Å². The molecule has 1 fully saturated rings. The van der Waals surface area contributed by atoms with Crippen molar-refractivity contribution in [3.8, 4) is 0 Å². The highest BCUT2D eigenvalue weighted by atomic mass is 32.2. The van der Waals surface area contributed by atoms with E-state index in [4.69, 9.17) is 13.0 Å². The predicted molar refractivity (Wildman–Crippen MR) is 60.0 cm³/mol. The third kappa shape index (κ3) is 6.55. The van der Waals surface area contributed by atoms with Crippen molar-refractivity contribution in [2.45, 2.75) is 38.6 Å². The highest BCUT2D eigenvalue weighted by Gasteiger charge is 2.36. The molecule has 0 unspecified atom stereocenters. The first-order valence-electron chi connectivity index (χ1n) is 5.97. The topological polar surface area (TPSA) is 61.6 Å². The molecule has 1 saturated heterocycles. The number of halogens is 3. The molecule has 1 rings (SSSR count). The molecule has 0 radical (unpaired) electrons. The Kier molecular flexibility index (Phi) is 7.16. The van der Waals surface area contributed by atoms with E-state index in [1.807, 2.05) is 4.90 Å². The van der Waals surface area contributed by atoms with Crippen molar-refractivity contribution < 1.29 is 31.0 Å². The van der Waals surface area contributed by atoms with Crippen LogP contribution in [0.5, 0.6) is 0 Å². The van der Waals surface area contributed by atoms with Crippen LogP contribution >= 0.6 is 0 Å². The Morgan fingerprint density at radius 2 is 1.61 bits per heavy atom. The van der Waals surface area contributed by atoms with Gasteiger partial charge in [0, 0.05) is 0 Å². The van der Waals surface area contributed by atoms with Crippen LogP contribution in [0.15, 0.2) is 0 Å². The van der Waals surface area contributed by atoms with Crippen LogP contribution < -0.4 is 4.90 Å². The molecular formula is C10H20F3NO3S. The van der Waals surface area contributed by atoms with Gasteiger partial charge >= 0.3 is 5.51 Å². The Hall–Kier alpha value is -0.340. The molecule has 0 atom stereocenters. The van der Waals surface area contributed by atoms with Gasteiger partial charge in [-0.1, -0.05) is 13.3 Å². The number of nitrogens with one attached hydrogen (secondary N) is 1. The molecule has 0 amide bonds. The van der Waals surface area contributed by atoms with Gasteiger partial charge in [0.1, 0.15) is 0 Å². The first-order chi connectivity index (χ1) is 8.11. The molecule has 0 spiro atoms. The Bertz CT molecular complexity index is 310. The molecule has 0 aromatic rings. The minimum absolute atomic E-state index is 1.05. The van der Waals surface area contributed by atoms with Gasteiger partial charge in [-0.25, -0.2) is 8.42 Å². The van der Waals surface area contributed by atoms with Gasteiger partial charge in [-0.2, -0.15) is 13.2 Å². The van der Waals surface area contributed by atoms with Gasteiger partial charge in [0.2, 0.25) is 0 Å². The summed E-state index contributed by atoms with van der Waals surface area (Å²) < 4.78 is 58.9. The first kappa shape index (κ1) is 17.7. The predicted octanol–water partition coefficient (Wildman–Crippen LogP) is 0.763. The summed E-state index contributed by atoms with van der Waals surface area (Å²) in [5.74, 6) is 1.05. The van der Waals surface area contributed by atoms with Crippen LogP contribution in [0.1, 0.15) is 33.1 Å². The zero-order chi connectivity index (χ0) is 14.4. The molecule has 0 bridgehead atoms. The van der Waals surface area contributed by atoms with Gasteiger partial charge < -0.3 is 9.45 Å². The SMILES string of the molecule is CCC1CC[NH+](CC)CC1.O=S(=O)([O-])C(F)(F)F. The van der Waals surface area contributed by atoms with Crippen LogP contribution in [-0.4, -0.2) is 38.1 Å². The van der Waals surface area contributed by atoms with Crippen molar-refractivity contribution in [1.29, 1.82) is 0 Å². The van der Waals surface area contributed by atoms with Gasteiger partial charge in [0.25, 0.3) is 0 Å². The van der Waals surface area contributed by atoms with Crippen molar-refractivity contribution in [2.75, 3.05) is 19.6 Å². The third-order valence-corrected chi connectivity index (χ3v) is 3.74. The molecule has 1 N–H and O–H groups in total. The largest absolute Gasteiger partial charge is 0.741 e. The van der Waals surface area contributed by atoms with E-state index in [1.54, 1.807) is 0 Å². The maximum Gasteiger partial charge on any atom is 0.485 e. The number of hydrogen-bond acceptors (Lipinski definition) is 3. The fourth-order valence-corrected chi connectivity index (χ4v) is 1.85. The summed E-state index contributed by atoms with van der Waals surface area (Å²) in [6.07, 6.45) is 4.34. The molecule has 4 nitrogen and oxygen atoms in total. The van der Waals surface area contributed by atoms with Crippen molar-refractivity contribution >= 4 is 10.1 Å². The highest BCUT2D eigenvalue weighted by molar-refractivity contribution is 7.86. The van der Waals surface area contributed by atoms with E-state index in [0.717, 1.165) is 5.92 Å². The number of hydrogen-bond donors (Lipinski definition) is 1. The van der Waals surface area contributed by atoms with Crippen molar-refractivity contribution in [3.05, 3.63) is 0 Å². The third-order valence-electron chi connectivity index (χ3n) is 3.17. The number of quaternary nitrogens is 1. The quantitative estimate of drug-likeness (QED) is 0.603. The summed E-state index contributed by atoms with van der Waals surface area (Å²) in [4.78, 5) is 1.81. The molecule has 0 aromatic carbocycles. The monoisotopic (exact) mass is 291 g/mol. The molecule has 18 heavy (non-hydrogen) atoms. The standard InChI is InChI=1S/C9H19N.CHF3O3S/c1-3-9-5-7-10(4-2)8-6-9;2-1(3,4)8(5,6)7/h9H,3-8H2,1-2H3;(H,5,6,7). The summed E-state index contributed by atoms with van der Waals surface area (Å²) >= 11 is 0. The van der Waals surface area contributed by atoms with E-state index < -0.39 is 15.6 Å². The molecule has 8 heteroatoms. The van der Waals surface area contributed by atoms with Crippen LogP contribution in [0.4, 0.5) is 13.2 Å². The van der Waals surface area contributed by atoms with E-state index in [1.165, 1.54) is 38.9 Å². The minimum Gasteiger partial charge on any atom is -0.741 e. The van der Waals surface area contributed by atoms with Crippen molar-refractivity contribution in [1.82, 2.24) is 0 Å². The zero-order valence-corrected chi connectivity index (χ0v) is 11.4. The Labute approximate surface area is 106 Å². The van der Waals surface area contributed by atoms with Crippen LogP contribution in [0.3, 0.4) is 0 Å². The van der Waals surface area contributed by atoms with Crippen LogP contribution in [-0.2, 0) is 10.1 Å². The molecule has 1 heterocycles. The fraction of sp³-hybridized carbons (Fsp3) is 1.00. The van der Waals surface area contributed by atoms with E-state index in [2.05, 4.69) is 13.8 Å². The second-order valence-corrected chi connectivity index (χ2v) is 5.73. The number of likely N-dealkylation sites (tertiary alicyclic amines) is 1. The summed E-state index contributed by atoms with van der Waals surface area (Å²) in [6, 6.07) is 0.